The molecule has 2 aliphatic heterocycles. The van der Waals surface area contributed by atoms with Crippen molar-refractivity contribution in [3.63, 3.8) is 0 Å². The van der Waals surface area contributed by atoms with Crippen LogP contribution in [0.4, 0.5) is 0 Å². The first-order valence-electron chi connectivity index (χ1n) is 11.1. The maximum atomic E-state index is 12.6. The number of esters is 1. The molecule has 0 saturated carbocycles. The van der Waals surface area contributed by atoms with Gasteiger partial charge in [-0.2, -0.15) is 4.68 Å². The van der Waals surface area contributed by atoms with Crippen molar-refractivity contribution in [3.8, 4) is 5.82 Å². The molecule has 34 heavy (non-hydrogen) atoms. The average molecular weight is 464 g/mol. The molecular weight excluding hydrogens is 440 g/mol. The zero-order valence-corrected chi connectivity index (χ0v) is 18.6. The zero-order valence-electron chi connectivity index (χ0n) is 18.6. The van der Waals surface area contributed by atoms with Crippen molar-refractivity contribution in [2.45, 2.75) is 38.5 Å². The van der Waals surface area contributed by atoms with Crippen LogP contribution in [0.25, 0.3) is 5.82 Å². The molecule has 0 bridgehead atoms. The Bertz CT molecular complexity index is 1190. The molecule has 4 heterocycles. The van der Waals surface area contributed by atoms with Gasteiger partial charge in [-0.15, -0.1) is 15.3 Å². The summed E-state index contributed by atoms with van der Waals surface area (Å²) in [7, 11) is 0. The van der Waals surface area contributed by atoms with E-state index >= 15 is 0 Å². The lowest BCUT2D eigenvalue weighted by Crippen LogP contribution is -2.45. The summed E-state index contributed by atoms with van der Waals surface area (Å²) in [5.74, 6) is -0.163. The second-order valence-electron chi connectivity index (χ2n) is 8.48. The molecule has 0 aliphatic carbocycles. The van der Waals surface area contributed by atoms with E-state index in [0.717, 1.165) is 42.6 Å². The number of carbonyl (C=O) groups excluding carboxylic acids is 2. The van der Waals surface area contributed by atoms with Crippen LogP contribution in [0.2, 0.25) is 0 Å². The van der Waals surface area contributed by atoms with E-state index in [9.17, 15) is 14.7 Å². The molecule has 2 N–H and O–H groups in total. The van der Waals surface area contributed by atoms with E-state index in [0.29, 0.717) is 17.9 Å². The summed E-state index contributed by atoms with van der Waals surface area (Å²) in [5.41, 5.74) is 3.39. The maximum absolute atomic E-state index is 12.6. The third kappa shape index (κ3) is 4.37. The van der Waals surface area contributed by atoms with Crippen molar-refractivity contribution in [2.24, 2.45) is 0 Å². The van der Waals surface area contributed by atoms with Gasteiger partial charge in [-0.1, -0.05) is 6.07 Å². The number of aromatic nitrogens is 6. The molecule has 2 aliphatic rings. The van der Waals surface area contributed by atoms with Crippen LogP contribution in [0.3, 0.4) is 0 Å². The molecule has 5 rings (SSSR count). The quantitative estimate of drug-likeness (QED) is 0.490. The van der Waals surface area contributed by atoms with Gasteiger partial charge < -0.3 is 20.1 Å². The number of tetrazole rings is 1. The Labute approximate surface area is 194 Å². The number of fused-ring (bicyclic) bond motifs is 1. The van der Waals surface area contributed by atoms with Crippen LogP contribution >= 0.6 is 0 Å². The van der Waals surface area contributed by atoms with Gasteiger partial charge in [-0.05, 0) is 59.5 Å². The highest BCUT2D eigenvalue weighted by molar-refractivity contribution is 5.94. The van der Waals surface area contributed by atoms with Gasteiger partial charge in [-0.3, -0.25) is 4.79 Å². The molecule has 176 valence electrons. The fraction of sp³-hybridized carbons (Fsp3) is 0.409. The van der Waals surface area contributed by atoms with E-state index in [-0.39, 0.29) is 30.2 Å². The summed E-state index contributed by atoms with van der Waals surface area (Å²) in [5, 5.41) is 32.6. The van der Waals surface area contributed by atoms with E-state index in [4.69, 9.17) is 4.74 Å². The van der Waals surface area contributed by atoms with Gasteiger partial charge in [0.1, 0.15) is 12.9 Å². The van der Waals surface area contributed by atoms with Gasteiger partial charge >= 0.3 is 5.97 Å². The van der Waals surface area contributed by atoms with E-state index in [1.165, 1.54) is 11.0 Å². The summed E-state index contributed by atoms with van der Waals surface area (Å²) in [6.07, 6.45) is 2.26. The van der Waals surface area contributed by atoms with Crippen molar-refractivity contribution < 1.29 is 19.4 Å². The number of ether oxygens (including phenoxy) is 1. The van der Waals surface area contributed by atoms with Crippen LogP contribution in [-0.4, -0.2) is 78.0 Å². The first kappa shape index (κ1) is 22.0. The van der Waals surface area contributed by atoms with Crippen LogP contribution in [0, 0.1) is 6.92 Å². The number of aliphatic hydroxyl groups is 1. The molecule has 12 heteroatoms. The SMILES string of the molecule is Cc1c(C(O)CN2CCC(NC(=O)c3ccc(-n4cnnn4)nn3)CC2)ccc2c1COC2=O. The van der Waals surface area contributed by atoms with Gasteiger partial charge in [0, 0.05) is 31.2 Å². The zero-order chi connectivity index (χ0) is 23.7. The van der Waals surface area contributed by atoms with Crippen molar-refractivity contribution in [1.82, 2.24) is 40.6 Å². The molecule has 1 unspecified atom stereocenters. The first-order valence-corrected chi connectivity index (χ1v) is 11.1. The number of nitrogens with one attached hydrogen (secondary N) is 1. The molecule has 12 nitrogen and oxygen atoms in total. The molecule has 1 fully saturated rings. The smallest absolute Gasteiger partial charge is 0.338 e. The van der Waals surface area contributed by atoms with Crippen molar-refractivity contribution in [3.05, 3.63) is 58.5 Å². The number of cyclic esters (lactones) is 1. The highest BCUT2D eigenvalue weighted by Gasteiger charge is 2.28. The highest BCUT2D eigenvalue weighted by atomic mass is 16.5. The van der Waals surface area contributed by atoms with Gasteiger partial charge in [0.05, 0.1) is 11.7 Å². The lowest BCUT2D eigenvalue weighted by molar-refractivity contribution is 0.0534. The lowest BCUT2D eigenvalue weighted by atomic mass is 9.94. The van der Waals surface area contributed by atoms with E-state index in [2.05, 4.69) is 35.9 Å². The standard InChI is InChI=1S/C22H24N8O4/c1-13-15(2-3-16-17(13)11-34-22(16)33)19(31)10-29-8-6-14(7-9-29)24-21(32)18-4-5-20(26-25-18)30-12-23-27-28-30/h2-5,12,14,19,31H,6-11H2,1H3,(H,24,32). The molecule has 3 aromatic rings. The second kappa shape index (κ2) is 9.23. The Morgan fingerprint density at radius 3 is 2.76 bits per heavy atom. The second-order valence-corrected chi connectivity index (χ2v) is 8.48. The molecule has 0 spiro atoms. The average Bonchev–Trinajstić information content (AvgIpc) is 3.51. The third-order valence-electron chi connectivity index (χ3n) is 6.39. The van der Waals surface area contributed by atoms with Crippen LogP contribution in [-0.2, 0) is 11.3 Å². The fourth-order valence-corrected chi connectivity index (χ4v) is 4.43. The number of piperidine rings is 1. The van der Waals surface area contributed by atoms with Gasteiger partial charge in [0.2, 0.25) is 0 Å². The number of rotatable bonds is 6. The Morgan fingerprint density at radius 1 is 1.24 bits per heavy atom. The molecule has 1 amide bonds. The van der Waals surface area contributed by atoms with Crippen molar-refractivity contribution in [1.29, 1.82) is 0 Å². The predicted octanol–water partition coefficient (Wildman–Crippen LogP) is 0.359. The minimum absolute atomic E-state index is 0.0202. The number of amides is 1. The predicted molar refractivity (Wildman–Crippen MR) is 117 cm³/mol. The minimum atomic E-state index is -0.666. The third-order valence-corrected chi connectivity index (χ3v) is 6.39. The van der Waals surface area contributed by atoms with Crippen molar-refractivity contribution >= 4 is 11.9 Å². The summed E-state index contributed by atoms with van der Waals surface area (Å²) >= 11 is 0. The molecule has 1 atom stereocenters. The minimum Gasteiger partial charge on any atom is -0.457 e. The summed E-state index contributed by atoms with van der Waals surface area (Å²) < 4.78 is 6.46. The number of benzene rings is 1. The number of aliphatic hydroxyl groups excluding tert-OH is 1. The molecule has 2 aromatic heterocycles. The summed E-state index contributed by atoms with van der Waals surface area (Å²) in [6.45, 7) is 4.16. The number of hydrogen-bond acceptors (Lipinski definition) is 10. The van der Waals surface area contributed by atoms with E-state index in [1.54, 1.807) is 18.2 Å². The number of likely N-dealkylation sites (tertiary alicyclic amines) is 1. The Kier molecular flexibility index (Phi) is 5.99. The lowest BCUT2D eigenvalue weighted by Gasteiger charge is -2.33. The Balaban J connectivity index is 1.13. The topological polar surface area (TPSA) is 148 Å². The Hall–Kier alpha value is -3.77. The number of hydrogen-bond donors (Lipinski definition) is 2. The van der Waals surface area contributed by atoms with E-state index in [1.807, 2.05) is 13.0 Å². The molecule has 1 aromatic carbocycles. The Morgan fingerprint density at radius 2 is 2.06 bits per heavy atom. The molecule has 1 saturated heterocycles. The van der Waals surface area contributed by atoms with Gasteiger partial charge in [0.15, 0.2) is 11.5 Å². The van der Waals surface area contributed by atoms with Crippen molar-refractivity contribution in [2.75, 3.05) is 19.6 Å². The van der Waals surface area contributed by atoms with E-state index < -0.39 is 6.10 Å². The van der Waals surface area contributed by atoms with Crippen LogP contribution in [0.5, 0.6) is 0 Å². The van der Waals surface area contributed by atoms with Crippen LogP contribution in [0.1, 0.15) is 56.5 Å². The summed E-state index contributed by atoms with van der Waals surface area (Å²) in [4.78, 5) is 26.5. The van der Waals surface area contributed by atoms with Crippen LogP contribution < -0.4 is 5.32 Å². The number of nitrogens with zero attached hydrogens (tertiary/aromatic N) is 7. The number of β-amino-alcohol motifs (C(OH)–C–C–N with tert-alkyl or cyclic N) is 1. The fourth-order valence-electron chi connectivity index (χ4n) is 4.43. The highest BCUT2D eigenvalue weighted by Crippen LogP contribution is 2.29. The molecule has 0 radical (unpaired) electrons. The monoisotopic (exact) mass is 464 g/mol. The van der Waals surface area contributed by atoms with Gasteiger partial charge in [-0.25, -0.2) is 4.79 Å². The number of carbonyl (C=O) groups is 2. The largest absolute Gasteiger partial charge is 0.457 e. The van der Waals surface area contributed by atoms with Crippen LogP contribution in [0.15, 0.2) is 30.6 Å². The maximum Gasteiger partial charge on any atom is 0.338 e. The normalized spacial score (nSPS) is 17.3. The molecular formula is C22H24N8O4. The first-order chi connectivity index (χ1) is 16.5. The summed E-state index contributed by atoms with van der Waals surface area (Å²) in [6, 6.07) is 6.78. The van der Waals surface area contributed by atoms with Gasteiger partial charge in [0.25, 0.3) is 5.91 Å².